The molecular formula is C17H20ClN3O2. The molecule has 0 atom stereocenters. The van der Waals surface area contributed by atoms with Gasteiger partial charge < -0.3 is 14.6 Å². The highest BCUT2D eigenvalue weighted by Crippen LogP contribution is 2.49. The van der Waals surface area contributed by atoms with Gasteiger partial charge in [-0.15, -0.1) is 0 Å². The van der Waals surface area contributed by atoms with E-state index in [9.17, 15) is 4.79 Å². The first-order valence-corrected chi connectivity index (χ1v) is 8.07. The number of ether oxygens (including phenoxy) is 1. The number of rotatable bonds is 7. The topological polar surface area (TPSA) is 56.1 Å². The Morgan fingerprint density at radius 2 is 2.30 bits per heavy atom. The Labute approximate surface area is 140 Å². The second-order valence-corrected chi connectivity index (χ2v) is 6.32. The molecule has 0 bridgehead atoms. The average Bonchev–Trinajstić information content (AvgIpc) is 3.15. The van der Waals surface area contributed by atoms with Gasteiger partial charge in [-0.2, -0.15) is 0 Å². The van der Waals surface area contributed by atoms with Crippen LogP contribution in [0.25, 0.3) is 5.69 Å². The van der Waals surface area contributed by atoms with Gasteiger partial charge in [0.1, 0.15) is 0 Å². The van der Waals surface area contributed by atoms with Crippen molar-refractivity contribution in [2.24, 2.45) is 5.41 Å². The zero-order chi connectivity index (χ0) is 16.3. The van der Waals surface area contributed by atoms with Crippen molar-refractivity contribution in [3.63, 3.8) is 0 Å². The number of nitrogens with one attached hydrogen (secondary N) is 1. The summed E-state index contributed by atoms with van der Waals surface area (Å²) in [5.41, 5.74) is 1.58. The van der Waals surface area contributed by atoms with Crippen molar-refractivity contribution in [3.05, 3.63) is 47.5 Å². The number of benzene rings is 1. The van der Waals surface area contributed by atoms with Crippen LogP contribution in [0.15, 0.2) is 36.9 Å². The van der Waals surface area contributed by atoms with Crippen LogP contribution in [0.5, 0.6) is 0 Å². The van der Waals surface area contributed by atoms with Crippen molar-refractivity contribution in [2.75, 3.05) is 13.7 Å². The second kappa shape index (κ2) is 6.72. The van der Waals surface area contributed by atoms with E-state index >= 15 is 0 Å². The fourth-order valence-corrected chi connectivity index (χ4v) is 3.00. The third-order valence-electron chi connectivity index (χ3n) is 4.42. The van der Waals surface area contributed by atoms with Gasteiger partial charge in [-0.3, -0.25) is 4.79 Å². The molecule has 3 rings (SSSR count). The summed E-state index contributed by atoms with van der Waals surface area (Å²) in [5, 5.41) is 3.68. The lowest BCUT2D eigenvalue weighted by Gasteiger charge is -2.17. The predicted octanol–water partition coefficient (Wildman–Crippen LogP) is 2.96. The summed E-state index contributed by atoms with van der Waals surface area (Å²) in [6.07, 6.45) is 7.92. The minimum Gasteiger partial charge on any atom is -0.385 e. The molecule has 23 heavy (non-hydrogen) atoms. The van der Waals surface area contributed by atoms with E-state index in [1.54, 1.807) is 19.6 Å². The number of hydrogen-bond acceptors (Lipinski definition) is 3. The van der Waals surface area contributed by atoms with Gasteiger partial charge in [0.05, 0.1) is 17.4 Å². The minimum absolute atomic E-state index is 0.0889. The first-order valence-electron chi connectivity index (χ1n) is 7.69. The summed E-state index contributed by atoms with van der Waals surface area (Å²) < 4.78 is 7.00. The molecule has 6 heteroatoms. The summed E-state index contributed by atoms with van der Waals surface area (Å²) in [5.74, 6) is 0.0889. The Kier molecular flexibility index (Phi) is 4.68. The van der Waals surface area contributed by atoms with Gasteiger partial charge in [-0.25, -0.2) is 4.98 Å². The monoisotopic (exact) mass is 333 g/mol. The first-order chi connectivity index (χ1) is 11.2. The number of halogens is 1. The molecule has 1 fully saturated rings. The Morgan fingerprint density at radius 3 is 2.96 bits per heavy atom. The average molecular weight is 334 g/mol. The molecule has 1 heterocycles. The Bertz CT molecular complexity index is 681. The molecule has 1 N–H and O–H groups in total. The lowest BCUT2D eigenvalue weighted by atomic mass is 10.0. The summed E-state index contributed by atoms with van der Waals surface area (Å²) in [6, 6.07) is 5.69. The number of amides is 1. The van der Waals surface area contributed by atoms with E-state index in [4.69, 9.17) is 16.3 Å². The van der Waals surface area contributed by atoms with Crippen LogP contribution in [0, 0.1) is 5.41 Å². The van der Waals surface area contributed by atoms with Crippen LogP contribution in [0.2, 0.25) is 5.02 Å². The SMILES string of the molecule is COCCC1(C(=O)NCc2c(Cl)cccc2-n2ccnc2)CC1. The van der Waals surface area contributed by atoms with Crippen molar-refractivity contribution in [3.8, 4) is 5.69 Å². The van der Waals surface area contributed by atoms with Crippen molar-refractivity contribution in [1.82, 2.24) is 14.9 Å². The molecule has 0 radical (unpaired) electrons. The van der Waals surface area contributed by atoms with Gasteiger partial charge >= 0.3 is 0 Å². The smallest absolute Gasteiger partial charge is 0.226 e. The minimum atomic E-state index is -0.244. The van der Waals surface area contributed by atoms with E-state index in [0.717, 1.165) is 30.5 Å². The maximum Gasteiger partial charge on any atom is 0.226 e. The second-order valence-electron chi connectivity index (χ2n) is 5.91. The number of aromatic nitrogens is 2. The van der Waals surface area contributed by atoms with Gasteiger partial charge in [0.2, 0.25) is 5.91 Å². The van der Waals surface area contributed by atoms with E-state index in [1.165, 1.54) is 0 Å². The van der Waals surface area contributed by atoms with Crippen molar-refractivity contribution in [1.29, 1.82) is 0 Å². The maximum atomic E-state index is 12.5. The van der Waals surface area contributed by atoms with Crippen molar-refractivity contribution in [2.45, 2.75) is 25.8 Å². The fraction of sp³-hybridized carbons (Fsp3) is 0.412. The van der Waals surface area contributed by atoms with Crippen molar-refractivity contribution >= 4 is 17.5 Å². The van der Waals surface area contributed by atoms with E-state index in [-0.39, 0.29) is 11.3 Å². The van der Waals surface area contributed by atoms with Gasteiger partial charge in [0.25, 0.3) is 0 Å². The van der Waals surface area contributed by atoms with Gasteiger partial charge in [-0.05, 0) is 31.4 Å². The normalized spacial score (nSPS) is 15.4. The first kappa shape index (κ1) is 16.0. The molecule has 1 saturated carbocycles. The van der Waals surface area contributed by atoms with Gasteiger partial charge in [-0.1, -0.05) is 17.7 Å². The number of nitrogens with zero attached hydrogens (tertiary/aromatic N) is 2. The number of imidazole rings is 1. The van der Waals surface area contributed by atoms with Crippen LogP contribution in [-0.4, -0.2) is 29.2 Å². The van der Waals surface area contributed by atoms with Crippen molar-refractivity contribution < 1.29 is 9.53 Å². The van der Waals surface area contributed by atoms with Crippen LogP contribution < -0.4 is 5.32 Å². The van der Waals surface area contributed by atoms with Crippen LogP contribution in [0.1, 0.15) is 24.8 Å². The molecule has 0 unspecified atom stereocenters. The maximum absolute atomic E-state index is 12.5. The molecule has 0 aliphatic heterocycles. The van der Waals surface area contributed by atoms with Gasteiger partial charge in [0.15, 0.2) is 0 Å². The molecule has 1 amide bonds. The summed E-state index contributed by atoms with van der Waals surface area (Å²) in [4.78, 5) is 16.6. The highest BCUT2D eigenvalue weighted by atomic mass is 35.5. The Balaban J connectivity index is 1.73. The predicted molar refractivity (Wildman–Crippen MR) is 88.6 cm³/mol. The molecule has 0 spiro atoms. The molecule has 1 aliphatic carbocycles. The number of carbonyl (C=O) groups is 1. The largest absolute Gasteiger partial charge is 0.385 e. The zero-order valence-electron chi connectivity index (χ0n) is 13.1. The molecular weight excluding hydrogens is 314 g/mol. The van der Waals surface area contributed by atoms with Crippen LogP contribution in [0.4, 0.5) is 0 Å². The molecule has 1 aromatic heterocycles. The fourth-order valence-electron chi connectivity index (χ4n) is 2.76. The molecule has 0 saturated heterocycles. The lowest BCUT2D eigenvalue weighted by molar-refractivity contribution is -0.127. The molecule has 1 aromatic carbocycles. The molecule has 2 aromatic rings. The molecule has 5 nitrogen and oxygen atoms in total. The van der Waals surface area contributed by atoms with E-state index in [1.807, 2.05) is 29.0 Å². The van der Waals surface area contributed by atoms with Crippen LogP contribution >= 0.6 is 11.6 Å². The number of hydrogen-bond donors (Lipinski definition) is 1. The summed E-state index contributed by atoms with van der Waals surface area (Å²) in [7, 11) is 1.66. The van der Waals surface area contributed by atoms with E-state index < -0.39 is 0 Å². The Hall–Kier alpha value is -1.85. The van der Waals surface area contributed by atoms with Gasteiger partial charge in [0, 0.05) is 43.2 Å². The highest BCUT2D eigenvalue weighted by Gasteiger charge is 2.49. The third-order valence-corrected chi connectivity index (χ3v) is 4.78. The standard InChI is InChI=1S/C17H20ClN3O2/c1-23-10-7-17(5-6-17)16(22)20-11-13-14(18)3-2-4-15(13)21-9-8-19-12-21/h2-4,8-9,12H,5-7,10-11H2,1H3,(H,20,22). The zero-order valence-corrected chi connectivity index (χ0v) is 13.8. The quantitative estimate of drug-likeness (QED) is 0.847. The highest BCUT2D eigenvalue weighted by molar-refractivity contribution is 6.31. The van der Waals surface area contributed by atoms with E-state index in [2.05, 4.69) is 10.3 Å². The molecule has 122 valence electrons. The number of carbonyl (C=O) groups excluding carboxylic acids is 1. The summed E-state index contributed by atoms with van der Waals surface area (Å²) in [6.45, 7) is 1.01. The van der Waals surface area contributed by atoms with Crippen LogP contribution in [-0.2, 0) is 16.1 Å². The van der Waals surface area contributed by atoms with Crippen LogP contribution in [0.3, 0.4) is 0 Å². The summed E-state index contributed by atoms with van der Waals surface area (Å²) >= 11 is 6.34. The van der Waals surface area contributed by atoms with E-state index in [0.29, 0.717) is 18.2 Å². The molecule has 1 aliphatic rings. The number of methoxy groups -OCH3 is 1. The Morgan fingerprint density at radius 1 is 1.48 bits per heavy atom. The third kappa shape index (κ3) is 3.41. The lowest BCUT2D eigenvalue weighted by Crippen LogP contribution is -2.32.